The number of likely N-dealkylation sites (tertiary alicyclic amines) is 1. The van der Waals surface area contributed by atoms with Gasteiger partial charge in [-0.25, -0.2) is 14.8 Å². The Kier molecular flexibility index (Phi) is 4.28. The fourth-order valence-electron chi connectivity index (χ4n) is 2.67. The average Bonchev–Trinajstić information content (AvgIpc) is 2.82. The minimum absolute atomic E-state index is 0.0561. The van der Waals surface area contributed by atoms with Gasteiger partial charge in [-0.2, -0.15) is 0 Å². The summed E-state index contributed by atoms with van der Waals surface area (Å²) >= 11 is 11.8. The predicted octanol–water partition coefficient (Wildman–Crippen LogP) is 3.61. The van der Waals surface area contributed by atoms with E-state index in [-0.39, 0.29) is 5.92 Å². The van der Waals surface area contributed by atoms with Crippen LogP contribution in [0.15, 0.2) is 10.8 Å². The van der Waals surface area contributed by atoms with E-state index in [0.29, 0.717) is 18.2 Å². The van der Waals surface area contributed by atoms with E-state index in [1.54, 1.807) is 6.20 Å². The summed E-state index contributed by atoms with van der Waals surface area (Å²) in [6.45, 7) is 1.03. The molecule has 0 aromatic carbocycles. The fraction of sp³-hybridized carbons (Fsp3) is 0.417. The third-order valence-electron chi connectivity index (χ3n) is 3.61. The van der Waals surface area contributed by atoms with Crippen molar-refractivity contribution in [3.8, 4) is 0 Å². The maximum atomic E-state index is 11.2. The Morgan fingerprint density at radius 2 is 2.33 bits per heavy atom. The molecule has 3 heterocycles. The van der Waals surface area contributed by atoms with Gasteiger partial charge in [-0.05, 0) is 51.4 Å². The number of piperidine rings is 1. The summed E-state index contributed by atoms with van der Waals surface area (Å²) in [5.74, 6) is 0.886. The molecule has 1 aliphatic rings. The minimum Gasteiger partial charge on any atom is -0.465 e. The molecule has 0 bridgehead atoms. The Balaban J connectivity index is 2.09. The van der Waals surface area contributed by atoms with Gasteiger partial charge in [0, 0.05) is 19.0 Å². The number of carbonyl (C=O) groups is 1. The van der Waals surface area contributed by atoms with Gasteiger partial charge in [-0.3, -0.25) is 4.40 Å². The van der Waals surface area contributed by atoms with Gasteiger partial charge in [-0.15, -0.1) is 0 Å². The minimum atomic E-state index is -0.881. The Hall–Kier alpha value is -0.610. The van der Waals surface area contributed by atoms with Gasteiger partial charge in [-0.1, -0.05) is 11.6 Å². The van der Waals surface area contributed by atoms with Crippen LogP contribution in [0, 0.1) is 3.70 Å². The Morgan fingerprint density at radius 1 is 1.57 bits per heavy atom. The highest BCUT2D eigenvalue weighted by Crippen LogP contribution is 2.32. The zero-order valence-electron chi connectivity index (χ0n) is 10.8. The molecule has 1 saturated heterocycles. The van der Waals surface area contributed by atoms with Crippen LogP contribution >= 0.6 is 50.1 Å². The van der Waals surface area contributed by atoms with E-state index in [9.17, 15) is 9.90 Å². The molecule has 3 rings (SSSR count). The Morgan fingerprint density at radius 3 is 3.05 bits per heavy atom. The lowest BCUT2D eigenvalue weighted by atomic mass is 9.97. The highest BCUT2D eigenvalue weighted by atomic mass is 127. The van der Waals surface area contributed by atoms with Gasteiger partial charge in [0.1, 0.15) is 19.6 Å². The summed E-state index contributed by atoms with van der Waals surface area (Å²) in [5, 5.41) is 9.57. The van der Waals surface area contributed by atoms with E-state index in [0.717, 1.165) is 32.5 Å². The number of hydrogen-bond acceptors (Lipinski definition) is 3. The number of imidazole rings is 1. The lowest BCUT2D eigenvalue weighted by Crippen LogP contribution is -2.38. The number of carboxylic acid groups (broad SMARTS) is 1. The summed E-state index contributed by atoms with van der Waals surface area (Å²) in [4.78, 5) is 21.3. The first-order chi connectivity index (χ1) is 9.99. The molecule has 1 fully saturated rings. The maximum Gasteiger partial charge on any atom is 0.407 e. The van der Waals surface area contributed by atoms with Gasteiger partial charge in [0.25, 0.3) is 0 Å². The summed E-state index contributed by atoms with van der Waals surface area (Å²) in [7, 11) is 0. The number of aromatic nitrogens is 3. The van der Waals surface area contributed by atoms with Crippen molar-refractivity contribution in [1.82, 2.24) is 19.3 Å². The molecular formula is C12H11BrClIN4O2. The molecule has 6 nitrogen and oxygen atoms in total. The topological polar surface area (TPSA) is 70.7 Å². The number of halogens is 3. The molecule has 0 saturated carbocycles. The number of rotatable bonds is 1. The maximum absolute atomic E-state index is 11.2. The van der Waals surface area contributed by atoms with Gasteiger partial charge >= 0.3 is 6.09 Å². The molecule has 1 atom stereocenters. The first-order valence-electron chi connectivity index (χ1n) is 6.34. The van der Waals surface area contributed by atoms with Gasteiger partial charge < -0.3 is 10.0 Å². The van der Waals surface area contributed by atoms with E-state index in [1.807, 2.05) is 4.40 Å². The fourth-order valence-corrected chi connectivity index (χ4v) is 4.26. The number of nitrogens with zero attached hydrogens (tertiary/aromatic N) is 4. The van der Waals surface area contributed by atoms with Crippen molar-refractivity contribution >= 4 is 61.7 Å². The van der Waals surface area contributed by atoms with Crippen LogP contribution < -0.4 is 0 Å². The van der Waals surface area contributed by atoms with Crippen molar-refractivity contribution in [2.75, 3.05) is 13.1 Å². The highest BCUT2D eigenvalue weighted by Gasteiger charge is 2.29. The second kappa shape index (κ2) is 5.88. The smallest absolute Gasteiger partial charge is 0.407 e. The van der Waals surface area contributed by atoms with Gasteiger partial charge in [0.2, 0.25) is 0 Å². The van der Waals surface area contributed by atoms with Crippen LogP contribution in [0.25, 0.3) is 5.52 Å². The van der Waals surface area contributed by atoms with Crippen LogP contribution in [0.3, 0.4) is 0 Å². The van der Waals surface area contributed by atoms with Crippen LogP contribution in [0.5, 0.6) is 0 Å². The van der Waals surface area contributed by atoms with E-state index < -0.39 is 6.09 Å². The SMILES string of the molecule is O=C(O)N1CCCC(c2nc(I)c3c(Cl)ncc(Br)n23)C1. The summed E-state index contributed by atoms with van der Waals surface area (Å²) in [5.41, 5.74) is 0.758. The van der Waals surface area contributed by atoms with Crippen LogP contribution in [0.2, 0.25) is 5.15 Å². The molecule has 0 aliphatic carbocycles. The Bertz CT molecular complexity index is 723. The van der Waals surface area contributed by atoms with Crippen LogP contribution in [0.4, 0.5) is 4.79 Å². The zero-order valence-corrected chi connectivity index (χ0v) is 15.3. The monoisotopic (exact) mass is 484 g/mol. The zero-order chi connectivity index (χ0) is 15.1. The van der Waals surface area contributed by atoms with Crippen molar-refractivity contribution in [3.05, 3.63) is 25.5 Å². The quantitative estimate of drug-likeness (QED) is 0.627. The molecule has 112 valence electrons. The summed E-state index contributed by atoms with van der Waals surface area (Å²) in [6.07, 6.45) is 2.49. The van der Waals surface area contributed by atoms with Crippen molar-refractivity contribution in [2.24, 2.45) is 0 Å². The summed E-state index contributed by atoms with van der Waals surface area (Å²) < 4.78 is 3.46. The van der Waals surface area contributed by atoms with Crippen molar-refractivity contribution < 1.29 is 9.90 Å². The second-order valence-corrected chi connectivity index (χ2v) is 7.08. The average molecular weight is 486 g/mol. The first kappa shape index (κ1) is 15.3. The molecular weight excluding hydrogens is 474 g/mol. The third kappa shape index (κ3) is 2.72. The predicted molar refractivity (Wildman–Crippen MR) is 90.0 cm³/mol. The van der Waals surface area contributed by atoms with Crippen LogP contribution in [-0.4, -0.2) is 43.6 Å². The second-order valence-electron chi connectivity index (χ2n) is 4.88. The van der Waals surface area contributed by atoms with Crippen LogP contribution in [-0.2, 0) is 0 Å². The molecule has 1 unspecified atom stereocenters. The van der Waals surface area contributed by atoms with Gasteiger partial charge in [0.15, 0.2) is 5.15 Å². The molecule has 1 aliphatic heterocycles. The number of hydrogen-bond donors (Lipinski definition) is 1. The van der Waals surface area contributed by atoms with Crippen molar-refractivity contribution in [3.63, 3.8) is 0 Å². The normalized spacial score (nSPS) is 19.2. The molecule has 1 amide bonds. The van der Waals surface area contributed by atoms with E-state index in [4.69, 9.17) is 11.6 Å². The van der Waals surface area contributed by atoms with Gasteiger partial charge in [0.05, 0.1) is 6.20 Å². The van der Waals surface area contributed by atoms with E-state index >= 15 is 0 Å². The molecule has 21 heavy (non-hydrogen) atoms. The van der Waals surface area contributed by atoms with Crippen LogP contribution in [0.1, 0.15) is 24.6 Å². The molecule has 1 N–H and O–H groups in total. The van der Waals surface area contributed by atoms with Crippen molar-refractivity contribution in [1.29, 1.82) is 0 Å². The molecule has 9 heteroatoms. The Labute approximate surface area is 147 Å². The number of amides is 1. The van der Waals surface area contributed by atoms with E-state index in [2.05, 4.69) is 48.5 Å². The standard InChI is InChI=1S/C12H11BrClIN4O2/c13-7-4-16-9(14)8-10(15)17-11(19(7)8)6-2-1-3-18(5-6)12(20)21/h4,6H,1-3,5H2,(H,20,21). The molecule has 0 radical (unpaired) electrons. The first-order valence-corrected chi connectivity index (χ1v) is 8.59. The van der Waals surface area contributed by atoms with E-state index in [1.165, 1.54) is 4.90 Å². The van der Waals surface area contributed by atoms with Crippen molar-refractivity contribution in [2.45, 2.75) is 18.8 Å². The lowest BCUT2D eigenvalue weighted by Gasteiger charge is -2.30. The molecule has 0 spiro atoms. The molecule has 2 aromatic rings. The third-order valence-corrected chi connectivity index (χ3v) is 5.20. The molecule has 2 aromatic heterocycles. The summed E-state index contributed by atoms with van der Waals surface area (Å²) in [6, 6.07) is 0. The number of fused-ring (bicyclic) bond motifs is 1. The lowest BCUT2D eigenvalue weighted by molar-refractivity contribution is 0.129. The highest BCUT2D eigenvalue weighted by molar-refractivity contribution is 14.1. The largest absolute Gasteiger partial charge is 0.465 e.